The van der Waals surface area contributed by atoms with Crippen LogP contribution in [0.5, 0.6) is 0 Å². The Kier molecular flexibility index (Phi) is 17.4. The predicted molar refractivity (Wildman–Crippen MR) is 98.1 cm³/mol. The summed E-state index contributed by atoms with van der Waals surface area (Å²) in [4.78, 5) is 11.5. The summed E-state index contributed by atoms with van der Waals surface area (Å²) in [5, 5.41) is 9.24. The number of hydrogen-bond donors (Lipinski definition) is 2. The predicted octanol–water partition coefficient (Wildman–Crippen LogP) is 4.69. The number of aliphatic hydroxyl groups is 1. The highest BCUT2D eigenvalue weighted by Crippen LogP contribution is 2.17. The van der Waals surface area contributed by atoms with Crippen LogP contribution in [0, 0.1) is 0 Å². The Bertz CT molecular complexity index is 270. The molecule has 0 amide bonds. The van der Waals surface area contributed by atoms with Gasteiger partial charge in [-0.2, -0.15) is 0 Å². The summed E-state index contributed by atoms with van der Waals surface area (Å²) in [5.41, 5.74) is 5.23. The third kappa shape index (κ3) is 15.0. The van der Waals surface area contributed by atoms with Crippen LogP contribution < -0.4 is 10.6 Å². The molecule has 0 aliphatic carbocycles. The lowest BCUT2D eigenvalue weighted by Crippen LogP contribution is -2.15. The highest BCUT2D eigenvalue weighted by Gasteiger charge is 2.04. The number of nitrogens with two attached hydrogens (primary N) is 1. The number of unbranched alkanes of at least 4 members (excludes halogenated alkanes) is 13. The van der Waals surface area contributed by atoms with Crippen molar-refractivity contribution >= 4 is 13.3 Å². The van der Waals surface area contributed by atoms with Crippen molar-refractivity contribution in [3.63, 3.8) is 0 Å². The molecular formula is C18H38NO2P. The quantitative estimate of drug-likeness (QED) is 0.318. The van der Waals surface area contributed by atoms with Crippen LogP contribution in [0.1, 0.15) is 96.8 Å². The summed E-state index contributed by atoms with van der Waals surface area (Å²) in [7, 11) is -1.59. The molecule has 0 aromatic carbocycles. The molecule has 0 radical (unpaired) electrons. The van der Waals surface area contributed by atoms with E-state index in [0.29, 0.717) is 6.16 Å². The second kappa shape index (κ2) is 17.4. The zero-order valence-electron chi connectivity index (χ0n) is 14.7. The molecule has 0 aliphatic heterocycles. The average Bonchev–Trinajstić information content (AvgIpc) is 2.54. The molecule has 0 rings (SSSR count). The lowest BCUT2D eigenvalue weighted by Gasteiger charge is -2.03. The van der Waals surface area contributed by atoms with Crippen LogP contribution in [0.2, 0.25) is 0 Å². The van der Waals surface area contributed by atoms with E-state index in [2.05, 4.69) is 6.92 Å². The highest BCUT2D eigenvalue weighted by molar-refractivity contribution is 7.51. The SMILES string of the molecule is CCCCCCCCCCCCCCCC/[P+]([O-])=C(\O)CN. The maximum Gasteiger partial charge on any atom is 0.232 e. The normalized spacial score (nSPS) is 12.5. The van der Waals surface area contributed by atoms with E-state index in [1.165, 1.54) is 77.0 Å². The second-order valence-electron chi connectivity index (χ2n) is 6.32. The van der Waals surface area contributed by atoms with Gasteiger partial charge in [-0.1, -0.05) is 84.0 Å². The molecule has 3 N–H and O–H groups in total. The van der Waals surface area contributed by atoms with Crippen LogP contribution in [0.15, 0.2) is 0 Å². The lowest BCUT2D eigenvalue weighted by atomic mass is 10.0. The van der Waals surface area contributed by atoms with Crippen molar-refractivity contribution < 1.29 is 10.00 Å². The van der Waals surface area contributed by atoms with E-state index in [1.807, 2.05) is 0 Å². The minimum atomic E-state index is -1.59. The summed E-state index contributed by atoms with van der Waals surface area (Å²) in [6, 6.07) is 0. The summed E-state index contributed by atoms with van der Waals surface area (Å²) in [6.07, 6.45) is 19.1. The molecule has 0 aromatic rings. The van der Waals surface area contributed by atoms with Gasteiger partial charge in [0.05, 0.1) is 14.3 Å². The van der Waals surface area contributed by atoms with Crippen molar-refractivity contribution in [1.29, 1.82) is 0 Å². The molecule has 3 nitrogen and oxygen atoms in total. The first-order valence-electron chi connectivity index (χ1n) is 9.41. The van der Waals surface area contributed by atoms with Gasteiger partial charge in [-0.3, -0.25) is 0 Å². The Hall–Kier alpha value is 0.0500. The summed E-state index contributed by atoms with van der Waals surface area (Å²) in [5.74, 6) is 0. The molecular weight excluding hydrogens is 293 g/mol. The molecule has 0 aromatic heterocycles. The Morgan fingerprint density at radius 1 is 0.773 bits per heavy atom. The molecule has 0 heterocycles. The first kappa shape index (κ1) is 22.1. The smallest absolute Gasteiger partial charge is 0.232 e. The second-order valence-corrected chi connectivity index (χ2v) is 8.04. The zero-order chi connectivity index (χ0) is 16.5. The molecule has 4 heteroatoms. The van der Waals surface area contributed by atoms with Gasteiger partial charge in [-0.05, 0) is 12.8 Å². The van der Waals surface area contributed by atoms with E-state index in [-0.39, 0.29) is 12.0 Å². The van der Waals surface area contributed by atoms with Crippen LogP contribution in [0.4, 0.5) is 0 Å². The molecule has 0 saturated carbocycles. The largest absolute Gasteiger partial charge is 0.629 e. The Morgan fingerprint density at radius 2 is 1.14 bits per heavy atom. The van der Waals surface area contributed by atoms with Gasteiger partial charge < -0.3 is 15.7 Å². The van der Waals surface area contributed by atoms with Crippen LogP contribution in [-0.4, -0.2) is 23.3 Å². The number of hydrogen-bond acceptors (Lipinski definition) is 2. The molecule has 1 atom stereocenters. The fourth-order valence-electron chi connectivity index (χ4n) is 2.68. The van der Waals surface area contributed by atoms with E-state index in [1.54, 1.807) is 0 Å². The molecule has 0 aliphatic rings. The highest BCUT2D eigenvalue weighted by atomic mass is 31.1. The standard InChI is InChI=1S/C18H38NO2P/c1-2-3-4-5-6-7-8-9-10-11-12-13-14-15-16-22(21)18(20)17-19/h20H,2-17,19H2,1H3. The maximum absolute atomic E-state index is 11.5. The molecule has 0 bridgehead atoms. The Morgan fingerprint density at radius 3 is 1.50 bits per heavy atom. The summed E-state index contributed by atoms with van der Waals surface area (Å²) < 4.78 is 0. The summed E-state index contributed by atoms with van der Waals surface area (Å²) in [6.45, 7) is 2.30. The van der Waals surface area contributed by atoms with Crippen LogP contribution in [0.3, 0.4) is 0 Å². The van der Waals surface area contributed by atoms with Crippen LogP contribution >= 0.6 is 7.77 Å². The van der Waals surface area contributed by atoms with Crippen molar-refractivity contribution in [2.45, 2.75) is 96.8 Å². The van der Waals surface area contributed by atoms with Crippen LogP contribution in [0.25, 0.3) is 0 Å². The average molecular weight is 331 g/mol. The Balaban J connectivity index is 3.15. The van der Waals surface area contributed by atoms with Crippen molar-refractivity contribution in [1.82, 2.24) is 0 Å². The van der Waals surface area contributed by atoms with Gasteiger partial charge in [0.15, 0.2) is 0 Å². The zero-order valence-corrected chi connectivity index (χ0v) is 15.6. The number of rotatable bonds is 16. The van der Waals surface area contributed by atoms with Gasteiger partial charge in [0.2, 0.25) is 5.48 Å². The fraction of sp³-hybridized carbons (Fsp3) is 0.944. The van der Waals surface area contributed by atoms with Crippen molar-refractivity contribution in [2.24, 2.45) is 5.73 Å². The number of aliphatic hydroxyl groups excluding tert-OH is 1. The van der Waals surface area contributed by atoms with Crippen molar-refractivity contribution in [2.75, 3.05) is 12.7 Å². The van der Waals surface area contributed by atoms with Gasteiger partial charge in [0.1, 0.15) is 6.16 Å². The van der Waals surface area contributed by atoms with Gasteiger partial charge >= 0.3 is 0 Å². The fourth-order valence-corrected chi connectivity index (χ4v) is 3.65. The topological polar surface area (TPSA) is 69.3 Å². The van der Waals surface area contributed by atoms with Crippen molar-refractivity contribution in [3.8, 4) is 0 Å². The van der Waals surface area contributed by atoms with Gasteiger partial charge in [0.25, 0.3) is 0 Å². The van der Waals surface area contributed by atoms with Crippen molar-refractivity contribution in [3.05, 3.63) is 0 Å². The van der Waals surface area contributed by atoms with E-state index >= 15 is 0 Å². The first-order chi connectivity index (χ1) is 10.7. The molecule has 1 unspecified atom stereocenters. The van der Waals surface area contributed by atoms with Crippen LogP contribution in [-0.2, 0) is 0 Å². The summed E-state index contributed by atoms with van der Waals surface area (Å²) >= 11 is 0. The molecule has 132 valence electrons. The first-order valence-corrected chi connectivity index (χ1v) is 10.9. The monoisotopic (exact) mass is 331 g/mol. The minimum absolute atomic E-state index is 0.0234. The molecule has 22 heavy (non-hydrogen) atoms. The van der Waals surface area contributed by atoms with E-state index in [4.69, 9.17) is 5.73 Å². The van der Waals surface area contributed by atoms with E-state index in [0.717, 1.165) is 12.8 Å². The third-order valence-corrected chi connectivity index (χ3v) is 5.67. The Labute approximate surface area is 139 Å². The van der Waals surface area contributed by atoms with Gasteiger partial charge in [0, 0.05) is 0 Å². The maximum atomic E-state index is 11.5. The van der Waals surface area contributed by atoms with Gasteiger partial charge in [-0.25, -0.2) is 0 Å². The molecule has 0 saturated heterocycles. The van der Waals surface area contributed by atoms with Gasteiger partial charge in [-0.15, -0.1) is 0 Å². The molecule has 0 spiro atoms. The minimum Gasteiger partial charge on any atom is -0.629 e. The van der Waals surface area contributed by atoms with E-state index in [9.17, 15) is 10.00 Å². The molecule has 0 fully saturated rings. The third-order valence-electron chi connectivity index (χ3n) is 4.19. The van der Waals surface area contributed by atoms with E-state index < -0.39 is 7.77 Å². The lowest BCUT2D eigenvalue weighted by molar-refractivity contribution is -0.153.